The molecule has 0 spiro atoms. The van der Waals surface area contributed by atoms with Crippen molar-refractivity contribution < 1.29 is 9.53 Å². The maximum Gasteiger partial charge on any atom is 0.221 e. The van der Waals surface area contributed by atoms with E-state index in [9.17, 15) is 4.79 Å². The first kappa shape index (κ1) is 13.1. The summed E-state index contributed by atoms with van der Waals surface area (Å²) >= 11 is 0. The van der Waals surface area contributed by atoms with E-state index < -0.39 is 0 Å². The number of methoxy groups -OCH3 is 1. The molecule has 3 heteroatoms. The van der Waals surface area contributed by atoms with Gasteiger partial charge in [-0.2, -0.15) is 0 Å². The second-order valence-electron chi connectivity index (χ2n) is 2.22. The van der Waals surface area contributed by atoms with Crippen LogP contribution < -0.4 is 0 Å². The minimum Gasteiger partial charge on any atom is -0.385 e. The third-order valence-corrected chi connectivity index (χ3v) is 1.09. The molecule has 0 atom stereocenters. The second kappa shape index (κ2) is 9.43. The first-order chi connectivity index (χ1) is 5.09. The van der Waals surface area contributed by atoms with E-state index in [1.165, 1.54) is 0 Å². The van der Waals surface area contributed by atoms with Crippen molar-refractivity contribution in [2.75, 3.05) is 27.8 Å². The van der Waals surface area contributed by atoms with E-state index in [1.807, 2.05) is 13.8 Å². The highest BCUT2D eigenvalue weighted by Gasteiger charge is 1.95. The second-order valence-corrected chi connectivity index (χ2v) is 2.22. The summed E-state index contributed by atoms with van der Waals surface area (Å²) in [5.74, 6) is 0.181. The van der Waals surface area contributed by atoms with Crippen molar-refractivity contribution >= 4 is 5.91 Å². The Bertz CT molecular complexity index is 90.1. The van der Waals surface area contributed by atoms with Gasteiger partial charge in [0.2, 0.25) is 5.91 Å². The minimum atomic E-state index is 0.181. The number of nitrogens with zero attached hydrogens (tertiary/aromatic N) is 1. The molecular formula is C8H19NO2. The van der Waals surface area contributed by atoms with Crippen molar-refractivity contribution in [2.24, 2.45) is 0 Å². The fourth-order valence-electron chi connectivity index (χ4n) is 0.316. The Morgan fingerprint density at radius 3 is 1.73 bits per heavy atom. The van der Waals surface area contributed by atoms with Crippen LogP contribution in [0, 0.1) is 0 Å². The highest BCUT2D eigenvalue weighted by molar-refractivity contribution is 5.75. The van der Waals surface area contributed by atoms with Gasteiger partial charge in [-0.05, 0) is 6.92 Å². The van der Waals surface area contributed by atoms with Crippen molar-refractivity contribution in [3.05, 3.63) is 0 Å². The lowest BCUT2D eigenvalue weighted by atomic mass is 10.4. The quantitative estimate of drug-likeness (QED) is 0.607. The van der Waals surface area contributed by atoms with Gasteiger partial charge < -0.3 is 9.64 Å². The fraction of sp³-hybridized carbons (Fsp3) is 0.875. The summed E-state index contributed by atoms with van der Waals surface area (Å²) in [5, 5.41) is 0. The van der Waals surface area contributed by atoms with Crippen LogP contribution in [0.15, 0.2) is 0 Å². The first-order valence-corrected chi connectivity index (χ1v) is 3.79. The molecule has 0 heterocycles. The molecule has 0 radical (unpaired) electrons. The molecule has 0 unspecified atom stereocenters. The van der Waals surface area contributed by atoms with E-state index in [0.717, 1.165) is 6.61 Å². The number of hydrogen-bond acceptors (Lipinski definition) is 2. The standard InChI is InChI=1S/C5H11NO.C3H8O/c1-4-5(7)6(2)3;1-3-4-2/h4H2,1-3H3;3H2,1-2H3. The summed E-state index contributed by atoms with van der Waals surface area (Å²) in [6.07, 6.45) is 0.604. The first-order valence-electron chi connectivity index (χ1n) is 3.79. The van der Waals surface area contributed by atoms with Gasteiger partial charge in [0.15, 0.2) is 0 Å². The van der Waals surface area contributed by atoms with E-state index >= 15 is 0 Å². The summed E-state index contributed by atoms with van der Waals surface area (Å²) in [7, 11) is 5.19. The number of carbonyl (C=O) groups excluding carboxylic acids is 1. The predicted octanol–water partition coefficient (Wildman–Crippen LogP) is 1.14. The van der Waals surface area contributed by atoms with E-state index in [1.54, 1.807) is 26.1 Å². The Morgan fingerprint density at radius 1 is 1.36 bits per heavy atom. The zero-order chi connectivity index (χ0) is 9.28. The smallest absolute Gasteiger partial charge is 0.221 e. The van der Waals surface area contributed by atoms with Crippen LogP contribution in [-0.2, 0) is 9.53 Å². The molecule has 0 N–H and O–H groups in total. The average Bonchev–Trinajstić information content (AvgIpc) is 2.03. The molecule has 0 aromatic heterocycles. The lowest BCUT2D eigenvalue weighted by Gasteiger charge is -2.05. The van der Waals surface area contributed by atoms with E-state index in [0.29, 0.717) is 6.42 Å². The Labute approximate surface area is 69.3 Å². The van der Waals surface area contributed by atoms with Crippen LogP contribution in [0.5, 0.6) is 0 Å². The molecular weight excluding hydrogens is 142 g/mol. The number of hydrogen-bond donors (Lipinski definition) is 0. The molecule has 0 bridgehead atoms. The molecule has 0 fully saturated rings. The van der Waals surface area contributed by atoms with Gasteiger partial charge in [0, 0.05) is 34.2 Å². The topological polar surface area (TPSA) is 29.5 Å². The number of ether oxygens (including phenoxy) is 1. The van der Waals surface area contributed by atoms with Crippen LogP contribution in [0.2, 0.25) is 0 Å². The third-order valence-electron chi connectivity index (χ3n) is 1.09. The van der Waals surface area contributed by atoms with Gasteiger partial charge in [0.1, 0.15) is 0 Å². The van der Waals surface area contributed by atoms with Gasteiger partial charge in [-0.1, -0.05) is 6.92 Å². The van der Waals surface area contributed by atoms with Crippen LogP contribution in [-0.4, -0.2) is 38.6 Å². The molecule has 0 aromatic carbocycles. The van der Waals surface area contributed by atoms with Crippen LogP contribution in [0.3, 0.4) is 0 Å². The third kappa shape index (κ3) is 12.6. The molecule has 0 saturated carbocycles. The summed E-state index contributed by atoms with van der Waals surface area (Å²) in [5.41, 5.74) is 0. The summed E-state index contributed by atoms with van der Waals surface area (Å²) in [6.45, 7) is 4.63. The van der Waals surface area contributed by atoms with Crippen molar-refractivity contribution in [3.63, 3.8) is 0 Å². The molecule has 1 amide bonds. The summed E-state index contributed by atoms with van der Waals surface area (Å²) < 4.78 is 4.54. The molecule has 0 aliphatic carbocycles. The SMILES string of the molecule is CCC(=O)N(C)C.CCOC. The lowest BCUT2D eigenvalue weighted by molar-refractivity contribution is -0.128. The molecule has 0 rings (SSSR count). The maximum absolute atomic E-state index is 10.4. The maximum atomic E-state index is 10.4. The van der Waals surface area contributed by atoms with E-state index in [-0.39, 0.29) is 5.91 Å². The summed E-state index contributed by atoms with van der Waals surface area (Å²) in [6, 6.07) is 0. The normalized spacial score (nSPS) is 8.09. The zero-order valence-corrected chi connectivity index (χ0v) is 8.18. The zero-order valence-electron chi connectivity index (χ0n) is 8.18. The molecule has 0 aliphatic heterocycles. The Balaban J connectivity index is 0. The highest BCUT2D eigenvalue weighted by Crippen LogP contribution is 1.81. The molecule has 0 aliphatic rings. The Kier molecular flexibility index (Phi) is 11.2. The van der Waals surface area contributed by atoms with Crippen molar-refractivity contribution in [3.8, 4) is 0 Å². The minimum absolute atomic E-state index is 0.181. The molecule has 0 saturated heterocycles. The van der Waals surface area contributed by atoms with Crippen LogP contribution in [0.4, 0.5) is 0 Å². The molecule has 0 aromatic rings. The summed E-state index contributed by atoms with van der Waals surface area (Å²) in [4.78, 5) is 12.0. The monoisotopic (exact) mass is 161 g/mol. The van der Waals surface area contributed by atoms with Gasteiger partial charge in [-0.15, -0.1) is 0 Å². The van der Waals surface area contributed by atoms with Crippen molar-refractivity contribution in [2.45, 2.75) is 20.3 Å². The number of rotatable bonds is 2. The molecule has 11 heavy (non-hydrogen) atoms. The number of carbonyl (C=O) groups is 1. The Morgan fingerprint density at radius 2 is 1.73 bits per heavy atom. The van der Waals surface area contributed by atoms with Gasteiger partial charge in [0.25, 0.3) is 0 Å². The van der Waals surface area contributed by atoms with Crippen LogP contribution in [0.1, 0.15) is 20.3 Å². The molecule has 68 valence electrons. The Hall–Kier alpha value is -0.570. The van der Waals surface area contributed by atoms with Gasteiger partial charge >= 0.3 is 0 Å². The van der Waals surface area contributed by atoms with Gasteiger partial charge in [0.05, 0.1) is 0 Å². The van der Waals surface area contributed by atoms with Crippen LogP contribution >= 0.6 is 0 Å². The van der Waals surface area contributed by atoms with Crippen molar-refractivity contribution in [1.82, 2.24) is 4.90 Å². The van der Waals surface area contributed by atoms with E-state index in [2.05, 4.69) is 4.74 Å². The van der Waals surface area contributed by atoms with Gasteiger partial charge in [-0.25, -0.2) is 0 Å². The van der Waals surface area contributed by atoms with Crippen LogP contribution in [0.25, 0.3) is 0 Å². The van der Waals surface area contributed by atoms with Crippen molar-refractivity contribution in [1.29, 1.82) is 0 Å². The number of amides is 1. The van der Waals surface area contributed by atoms with E-state index in [4.69, 9.17) is 0 Å². The average molecular weight is 161 g/mol. The van der Waals surface area contributed by atoms with Gasteiger partial charge in [-0.3, -0.25) is 4.79 Å². The highest BCUT2D eigenvalue weighted by atomic mass is 16.5. The largest absolute Gasteiger partial charge is 0.385 e. The fourth-order valence-corrected chi connectivity index (χ4v) is 0.316. The predicted molar refractivity (Wildman–Crippen MR) is 46.5 cm³/mol. The lowest BCUT2D eigenvalue weighted by Crippen LogP contribution is -2.19. The molecule has 3 nitrogen and oxygen atoms in total.